The first kappa shape index (κ1) is 17.8. The van der Waals surface area contributed by atoms with Gasteiger partial charge in [0.2, 0.25) is 0 Å². The van der Waals surface area contributed by atoms with Crippen molar-refractivity contribution in [3.8, 4) is 0 Å². The van der Waals surface area contributed by atoms with Crippen LogP contribution in [0.5, 0.6) is 0 Å². The molecule has 0 spiro atoms. The van der Waals surface area contributed by atoms with Gasteiger partial charge in [-0.25, -0.2) is 19.9 Å². The lowest BCUT2D eigenvalue weighted by Crippen LogP contribution is -2.22. The van der Waals surface area contributed by atoms with Gasteiger partial charge in [0.15, 0.2) is 17.3 Å². The Balaban J connectivity index is 1.54. The molecular formula is C24H21N7. The summed E-state index contributed by atoms with van der Waals surface area (Å²) in [5.74, 6) is 2.71. The Kier molecular flexibility index (Phi) is 3.59. The van der Waals surface area contributed by atoms with E-state index in [1.807, 2.05) is 69.7 Å². The third-order valence-corrected chi connectivity index (χ3v) is 6.09. The molecule has 0 fully saturated rings. The summed E-state index contributed by atoms with van der Waals surface area (Å²) in [5.41, 5.74) is 7.57. The number of aryl methyl sites for hydroxylation is 2. The Hall–Kier alpha value is -4.00. The monoisotopic (exact) mass is 407 g/mol. The molecule has 5 aromatic rings. The van der Waals surface area contributed by atoms with Gasteiger partial charge in [-0.15, -0.1) is 0 Å². The van der Waals surface area contributed by atoms with Gasteiger partial charge in [0.05, 0.1) is 27.8 Å². The van der Waals surface area contributed by atoms with E-state index >= 15 is 0 Å². The fraction of sp³-hybridized carbons (Fsp3) is 0.167. The molecule has 1 aliphatic rings. The number of para-hydroxylation sites is 4. The van der Waals surface area contributed by atoms with Crippen LogP contribution in [0.15, 0.2) is 54.4 Å². The van der Waals surface area contributed by atoms with E-state index in [4.69, 9.17) is 19.9 Å². The molecule has 0 saturated heterocycles. The van der Waals surface area contributed by atoms with Crippen molar-refractivity contribution in [2.45, 2.75) is 6.92 Å². The van der Waals surface area contributed by atoms with Crippen molar-refractivity contribution in [2.75, 3.05) is 23.9 Å². The van der Waals surface area contributed by atoms with Gasteiger partial charge in [0, 0.05) is 32.8 Å². The van der Waals surface area contributed by atoms with E-state index in [1.165, 1.54) is 0 Å². The number of benzene rings is 2. The number of aromatic nitrogens is 5. The van der Waals surface area contributed by atoms with Crippen LogP contribution in [0.4, 0.5) is 11.6 Å². The zero-order valence-electron chi connectivity index (χ0n) is 17.8. The molecular weight excluding hydrogens is 386 g/mol. The van der Waals surface area contributed by atoms with Crippen LogP contribution in [0, 0.1) is 6.92 Å². The van der Waals surface area contributed by atoms with Crippen molar-refractivity contribution < 1.29 is 0 Å². The molecule has 0 amide bonds. The van der Waals surface area contributed by atoms with Crippen LogP contribution >= 0.6 is 0 Å². The van der Waals surface area contributed by atoms with E-state index in [0.717, 1.165) is 61.9 Å². The molecule has 7 nitrogen and oxygen atoms in total. The van der Waals surface area contributed by atoms with Gasteiger partial charge < -0.3 is 14.4 Å². The highest BCUT2D eigenvalue weighted by atomic mass is 15.4. The smallest absolute Gasteiger partial charge is 0.178 e. The molecule has 3 aromatic heterocycles. The summed E-state index contributed by atoms with van der Waals surface area (Å²) in [5, 5.41) is 0. The SMILES string of the molecule is Cc1c(C=C2N(C)c3nc4ccccc4nc3N2C)n(C)c2nc3ccccc3nc12. The topological polar surface area (TPSA) is 63.0 Å². The highest BCUT2D eigenvalue weighted by molar-refractivity contribution is 5.91. The molecule has 7 heteroatoms. The summed E-state index contributed by atoms with van der Waals surface area (Å²) in [6.45, 7) is 2.10. The van der Waals surface area contributed by atoms with Crippen molar-refractivity contribution in [2.24, 2.45) is 7.05 Å². The quantitative estimate of drug-likeness (QED) is 0.414. The fourth-order valence-electron chi connectivity index (χ4n) is 4.36. The van der Waals surface area contributed by atoms with Crippen LogP contribution in [-0.2, 0) is 7.05 Å². The van der Waals surface area contributed by atoms with E-state index in [1.54, 1.807) is 0 Å². The fourth-order valence-corrected chi connectivity index (χ4v) is 4.36. The van der Waals surface area contributed by atoms with Crippen molar-refractivity contribution in [3.05, 3.63) is 65.6 Å². The van der Waals surface area contributed by atoms with Gasteiger partial charge in [-0.1, -0.05) is 24.3 Å². The number of fused-ring (bicyclic) bond motifs is 4. The van der Waals surface area contributed by atoms with Crippen LogP contribution in [0.2, 0.25) is 0 Å². The second-order valence-electron chi connectivity index (χ2n) is 7.93. The molecule has 31 heavy (non-hydrogen) atoms. The zero-order chi connectivity index (χ0) is 21.3. The predicted octanol–water partition coefficient (Wildman–Crippen LogP) is 4.26. The number of hydrogen-bond donors (Lipinski definition) is 0. The second-order valence-corrected chi connectivity index (χ2v) is 7.93. The zero-order valence-corrected chi connectivity index (χ0v) is 17.8. The first-order valence-corrected chi connectivity index (χ1v) is 10.2. The maximum atomic E-state index is 4.88. The van der Waals surface area contributed by atoms with E-state index in [0.29, 0.717) is 0 Å². The summed E-state index contributed by atoms with van der Waals surface area (Å²) in [7, 11) is 6.10. The van der Waals surface area contributed by atoms with Crippen molar-refractivity contribution >= 4 is 50.9 Å². The molecule has 1 aliphatic heterocycles. The van der Waals surface area contributed by atoms with Crippen LogP contribution < -0.4 is 9.80 Å². The molecule has 0 aliphatic carbocycles. The second kappa shape index (κ2) is 6.25. The van der Waals surface area contributed by atoms with Gasteiger partial charge in [-0.05, 0) is 31.2 Å². The lowest BCUT2D eigenvalue weighted by molar-refractivity contribution is 0.927. The summed E-state index contributed by atoms with van der Waals surface area (Å²) in [6.07, 6.45) is 2.16. The minimum atomic E-state index is 0.853. The third-order valence-electron chi connectivity index (χ3n) is 6.09. The molecule has 6 rings (SSSR count). The molecule has 152 valence electrons. The summed E-state index contributed by atoms with van der Waals surface area (Å²) in [4.78, 5) is 23.6. The average Bonchev–Trinajstić information content (AvgIpc) is 3.16. The van der Waals surface area contributed by atoms with E-state index < -0.39 is 0 Å². The van der Waals surface area contributed by atoms with E-state index in [9.17, 15) is 0 Å². The lowest BCUT2D eigenvalue weighted by Gasteiger charge is -2.17. The largest absolute Gasteiger partial charge is 0.327 e. The minimum absolute atomic E-state index is 0.853. The Bertz CT molecular complexity index is 1440. The van der Waals surface area contributed by atoms with Gasteiger partial charge >= 0.3 is 0 Å². The van der Waals surface area contributed by atoms with Crippen LogP contribution in [-0.4, -0.2) is 38.6 Å². The lowest BCUT2D eigenvalue weighted by atomic mass is 10.2. The van der Waals surface area contributed by atoms with Crippen LogP contribution in [0.25, 0.3) is 39.3 Å². The molecule has 0 N–H and O–H groups in total. The Morgan fingerprint density at radius 2 is 1.16 bits per heavy atom. The summed E-state index contributed by atoms with van der Waals surface area (Å²) >= 11 is 0. The number of rotatable bonds is 1. The van der Waals surface area contributed by atoms with Crippen molar-refractivity contribution in [1.29, 1.82) is 0 Å². The summed E-state index contributed by atoms with van der Waals surface area (Å²) in [6, 6.07) is 16.0. The van der Waals surface area contributed by atoms with E-state index in [-0.39, 0.29) is 0 Å². The normalized spacial score (nSPS) is 13.6. The van der Waals surface area contributed by atoms with Gasteiger partial charge in [-0.2, -0.15) is 0 Å². The maximum absolute atomic E-state index is 4.88. The molecule has 0 saturated carbocycles. The molecule has 0 atom stereocenters. The highest BCUT2D eigenvalue weighted by Gasteiger charge is 2.30. The third kappa shape index (κ3) is 2.46. The number of nitrogens with zero attached hydrogens (tertiary/aromatic N) is 7. The first-order valence-electron chi connectivity index (χ1n) is 10.2. The minimum Gasteiger partial charge on any atom is -0.327 e. The molecule has 0 radical (unpaired) electrons. The molecule has 0 bridgehead atoms. The Labute approximate surface area is 179 Å². The van der Waals surface area contributed by atoms with E-state index in [2.05, 4.69) is 27.4 Å². The Morgan fingerprint density at radius 1 is 0.677 bits per heavy atom. The highest BCUT2D eigenvalue weighted by Crippen LogP contribution is 2.39. The van der Waals surface area contributed by atoms with Crippen LogP contribution in [0.1, 0.15) is 11.3 Å². The number of hydrogen-bond acceptors (Lipinski definition) is 6. The first-order chi connectivity index (χ1) is 15.0. The maximum Gasteiger partial charge on any atom is 0.178 e. The number of anilines is 2. The van der Waals surface area contributed by atoms with Gasteiger partial charge in [0.25, 0.3) is 0 Å². The molecule has 2 aromatic carbocycles. The van der Waals surface area contributed by atoms with Crippen molar-refractivity contribution in [3.63, 3.8) is 0 Å². The standard InChI is InChI=1S/C24H21N7/c1-14-19(29(2)22-21(14)25-15-9-5-6-10-16(15)26-22)13-20-30(3)23-24(31(20)4)28-18-12-8-7-11-17(18)27-23/h5-13H,1-4H3. The van der Waals surface area contributed by atoms with Crippen LogP contribution in [0.3, 0.4) is 0 Å². The van der Waals surface area contributed by atoms with Crippen molar-refractivity contribution in [1.82, 2.24) is 24.5 Å². The van der Waals surface area contributed by atoms with Gasteiger partial charge in [-0.3, -0.25) is 0 Å². The average molecular weight is 407 g/mol. The van der Waals surface area contributed by atoms with Gasteiger partial charge in [0.1, 0.15) is 11.3 Å². The molecule has 4 heterocycles. The predicted molar refractivity (Wildman–Crippen MR) is 125 cm³/mol. The summed E-state index contributed by atoms with van der Waals surface area (Å²) < 4.78 is 2.11. The molecule has 0 unspecified atom stereocenters. The Morgan fingerprint density at radius 3 is 1.71 bits per heavy atom.